The van der Waals surface area contributed by atoms with Gasteiger partial charge in [-0.3, -0.25) is 0 Å². The molecule has 1 N–H and O–H groups in total. The molecule has 0 aromatic heterocycles. The van der Waals surface area contributed by atoms with Crippen molar-refractivity contribution in [3.05, 3.63) is 77.4 Å². The molecular formula is C20H20N2O2S. The van der Waals surface area contributed by atoms with Gasteiger partial charge in [-0.05, 0) is 24.3 Å². The van der Waals surface area contributed by atoms with Crippen LogP contribution in [0.1, 0.15) is 24.1 Å². The molecule has 128 valence electrons. The second-order valence-corrected chi connectivity index (χ2v) is 6.25. The zero-order valence-electron chi connectivity index (χ0n) is 14.2. The van der Waals surface area contributed by atoms with Crippen LogP contribution in [0.15, 0.2) is 71.2 Å². The molecule has 0 unspecified atom stereocenters. The highest BCUT2D eigenvalue weighted by Crippen LogP contribution is 2.35. The summed E-state index contributed by atoms with van der Waals surface area (Å²) in [6, 6.07) is 19.3. The average Bonchev–Trinajstić information content (AvgIpc) is 2.68. The van der Waals surface area contributed by atoms with Gasteiger partial charge in [0.1, 0.15) is 6.04 Å². The van der Waals surface area contributed by atoms with Crippen molar-refractivity contribution in [2.24, 2.45) is 4.99 Å². The summed E-state index contributed by atoms with van der Waals surface area (Å²) in [4.78, 5) is 17.5. The minimum atomic E-state index is -0.390. The topological polar surface area (TPSA) is 50.7 Å². The van der Waals surface area contributed by atoms with Gasteiger partial charge in [0.15, 0.2) is 5.17 Å². The van der Waals surface area contributed by atoms with E-state index in [1.54, 1.807) is 0 Å². The second kappa shape index (κ2) is 8.03. The van der Waals surface area contributed by atoms with E-state index in [0.29, 0.717) is 12.2 Å². The summed E-state index contributed by atoms with van der Waals surface area (Å²) < 4.78 is 5.34. The molecule has 4 nitrogen and oxygen atoms in total. The normalized spacial score (nSPS) is 16.9. The van der Waals surface area contributed by atoms with Crippen LogP contribution in [0.5, 0.6) is 0 Å². The van der Waals surface area contributed by atoms with E-state index >= 15 is 0 Å². The highest BCUT2D eigenvalue weighted by molar-refractivity contribution is 8.13. The number of nitrogens with one attached hydrogen (secondary N) is 1. The maximum Gasteiger partial charge on any atom is 0.338 e. The van der Waals surface area contributed by atoms with E-state index in [1.807, 2.05) is 73.8 Å². The number of carbonyl (C=O) groups is 1. The van der Waals surface area contributed by atoms with E-state index < -0.39 is 0 Å². The number of ether oxygens (including phenoxy) is 1. The van der Waals surface area contributed by atoms with E-state index in [2.05, 4.69) is 5.32 Å². The van der Waals surface area contributed by atoms with Crippen LogP contribution in [0, 0.1) is 0 Å². The summed E-state index contributed by atoms with van der Waals surface area (Å²) in [6.45, 7) is 2.13. The van der Waals surface area contributed by atoms with Crippen LogP contribution in [0.4, 0.5) is 0 Å². The molecule has 0 spiro atoms. The minimum Gasteiger partial charge on any atom is -0.463 e. The highest BCUT2D eigenvalue weighted by atomic mass is 32.2. The number of amidine groups is 1. The predicted molar refractivity (Wildman–Crippen MR) is 103 cm³/mol. The maximum absolute atomic E-state index is 12.8. The van der Waals surface area contributed by atoms with Crippen LogP contribution < -0.4 is 5.32 Å². The van der Waals surface area contributed by atoms with Crippen LogP contribution in [0.3, 0.4) is 0 Å². The van der Waals surface area contributed by atoms with Gasteiger partial charge in [0, 0.05) is 0 Å². The van der Waals surface area contributed by atoms with E-state index in [0.717, 1.165) is 22.0 Å². The fourth-order valence-electron chi connectivity index (χ4n) is 2.76. The van der Waals surface area contributed by atoms with Crippen molar-refractivity contribution in [1.29, 1.82) is 0 Å². The van der Waals surface area contributed by atoms with Crippen molar-refractivity contribution >= 4 is 28.6 Å². The third-order valence-corrected chi connectivity index (χ3v) is 4.48. The second-order valence-electron chi connectivity index (χ2n) is 5.45. The Morgan fingerprint density at radius 1 is 1.12 bits per heavy atom. The molecule has 2 aromatic rings. The van der Waals surface area contributed by atoms with E-state index in [-0.39, 0.29) is 12.0 Å². The summed E-state index contributed by atoms with van der Waals surface area (Å²) in [5.74, 6) is -0.341. The minimum absolute atomic E-state index is 0.324. The van der Waals surface area contributed by atoms with Crippen molar-refractivity contribution in [3.8, 4) is 0 Å². The molecule has 0 aliphatic carbocycles. The van der Waals surface area contributed by atoms with Gasteiger partial charge in [0.2, 0.25) is 0 Å². The predicted octanol–water partition coefficient (Wildman–Crippen LogP) is 4.02. The number of thioether (sulfide) groups is 1. The lowest BCUT2D eigenvalue weighted by Crippen LogP contribution is -2.30. The first-order valence-corrected chi connectivity index (χ1v) is 9.37. The molecule has 1 atom stereocenters. The lowest BCUT2D eigenvalue weighted by Gasteiger charge is -2.27. The first kappa shape index (κ1) is 17.3. The molecule has 0 radical (unpaired) electrons. The molecular weight excluding hydrogens is 332 g/mol. The molecule has 1 heterocycles. The molecule has 25 heavy (non-hydrogen) atoms. The maximum atomic E-state index is 12.8. The standard InChI is InChI=1S/C20H20N2O2S/c1-3-24-19(23)16-17(14-10-6-4-7-11-14)21-20(25-2)22-18(16)15-12-8-5-9-13-15/h4-13,17H,3H2,1-2H3,(H,21,22)/t17-/m0/s1. The Morgan fingerprint density at radius 3 is 2.36 bits per heavy atom. The van der Waals surface area contributed by atoms with Gasteiger partial charge >= 0.3 is 5.97 Å². The Hall–Kier alpha value is -2.53. The zero-order valence-corrected chi connectivity index (χ0v) is 15.0. The number of rotatable bonds is 4. The SMILES string of the molecule is CCOC(=O)C1=C(c2ccccc2)NC(SC)=N[C@H]1c1ccccc1. The summed E-state index contributed by atoms with van der Waals surface area (Å²) in [5, 5.41) is 4.08. The van der Waals surface area contributed by atoms with Gasteiger partial charge in [0.05, 0.1) is 17.9 Å². The summed E-state index contributed by atoms with van der Waals surface area (Å²) >= 11 is 1.52. The summed E-state index contributed by atoms with van der Waals surface area (Å²) in [7, 11) is 0. The first-order valence-electron chi connectivity index (χ1n) is 8.15. The number of nitrogens with zero attached hydrogens (tertiary/aromatic N) is 1. The highest BCUT2D eigenvalue weighted by Gasteiger charge is 2.32. The van der Waals surface area contributed by atoms with Crippen molar-refractivity contribution in [2.75, 3.05) is 12.9 Å². The lowest BCUT2D eigenvalue weighted by atomic mass is 9.94. The van der Waals surface area contributed by atoms with Gasteiger partial charge in [0.25, 0.3) is 0 Å². The molecule has 2 aromatic carbocycles. The van der Waals surface area contributed by atoms with Crippen molar-refractivity contribution in [1.82, 2.24) is 5.32 Å². The van der Waals surface area contributed by atoms with Crippen LogP contribution in [-0.2, 0) is 9.53 Å². The smallest absolute Gasteiger partial charge is 0.338 e. The molecule has 0 bridgehead atoms. The monoisotopic (exact) mass is 352 g/mol. The van der Waals surface area contributed by atoms with E-state index in [1.165, 1.54) is 11.8 Å². The third kappa shape index (κ3) is 3.77. The zero-order chi connectivity index (χ0) is 17.6. The van der Waals surface area contributed by atoms with Crippen molar-refractivity contribution < 1.29 is 9.53 Å². The van der Waals surface area contributed by atoms with Crippen LogP contribution in [0.2, 0.25) is 0 Å². The largest absolute Gasteiger partial charge is 0.463 e. The number of carbonyl (C=O) groups excluding carboxylic acids is 1. The van der Waals surface area contributed by atoms with Gasteiger partial charge < -0.3 is 10.1 Å². The Balaban J connectivity index is 2.18. The molecule has 3 rings (SSSR count). The van der Waals surface area contributed by atoms with Crippen LogP contribution in [-0.4, -0.2) is 24.0 Å². The van der Waals surface area contributed by atoms with E-state index in [9.17, 15) is 4.79 Å². The molecule has 0 saturated carbocycles. The van der Waals surface area contributed by atoms with Crippen LogP contribution >= 0.6 is 11.8 Å². The Morgan fingerprint density at radius 2 is 1.76 bits per heavy atom. The summed E-state index contributed by atoms with van der Waals surface area (Å²) in [5.41, 5.74) is 3.20. The van der Waals surface area contributed by atoms with Gasteiger partial charge in [-0.25, -0.2) is 9.79 Å². The van der Waals surface area contributed by atoms with Gasteiger partial charge in [-0.15, -0.1) is 0 Å². The molecule has 5 heteroatoms. The number of aliphatic imine (C=N–C) groups is 1. The Bertz CT molecular complexity index is 801. The average molecular weight is 352 g/mol. The van der Waals surface area contributed by atoms with Crippen molar-refractivity contribution in [3.63, 3.8) is 0 Å². The molecule has 1 aliphatic rings. The molecule has 0 amide bonds. The molecule has 1 aliphatic heterocycles. The quantitative estimate of drug-likeness (QED) is 0.844. The van der Waals surface area contributed by atoms with Crippen LogP contribution in [0.25, 0.3) is 5.70 Å². The van der Waals surface area contributed by atoms with E-state index in [4.69, 9.17) is 9.73 Å². The molecule has 0 saturated heterocycles. The number of hydrogen-bond acceptors (Lipinski definition) is 5. The van der Waals surface area contributed by atoms with Crippen molar-refractivity contribution in [2.45, 2.75) is 13.0 Å². The summed E-state index contributed by atoms with van der Waals surface area (Å²) in [6.07, 6.45) is 1.96. The Kier molecular flexibility index (Phi) is 5.56. The molecule has 0 fully saturated rings. The fourth-order valence-corrected chi connectivity index (χ4v) is 3.18. The van der Waals surface area contributed by atoms with Gasteiger partial charge in [-0.2, -0.15) is 0 Å². The fraction of sp³-hybridized carbons (Fsp3) is 0.200. The van der Waals surface area contributed by atoms with Gasteiger partial charge in [-0.1, -0.05) is 72.4 Å². The number of hydrogen-bond donors (Lipinski definition) is 1. The number of esters is 1. The Labute approximate surface area is 152 Å². The third-order valence-electron chi connectivity index (χ3n) is 3.89. The number of benzene rings is 2. The first-order chi connectivity index (χ1) is 12.2. The lowest BCUT2D eigenvalue weighted by molar-refractivity contribution is -0.138.